The molecule has 2 aliphatic rings. The van der Waals surface area contributed by atoms with Crippen LogP contribution in [0.4, 0.5) is 0 Å². The normalized spacial score (nSPS) is 25.5. The van der Waals surface area contributed by atoms with Crippen molar-refractivity contribution in [1.29, 1.82) is 0 Å². The van der Waals surface area contributed by atoms with E-state index in [2.05, 4.69) is 17.5 Å². The molecule has 0 unspecified atom stereocenters. The lowest BCUT2D eigenvalue weighted by molar-refractivity contribution is 0.0717. The van der Waals surface area contributed by atoms with E-state index in [0.717, 1.165) is 37.7 Å². The van der Waals surface area contributed by atoms with Crippen molar-refractivity contribution < 1.29 is 5.11 Å². The predicted molar refractivity (Wildman–Crippen MR) is 91.5 cm³/mol. The molecule has 0 radical (unpaired) electrons. The number of nitrogens with zero attached hydrogens (tertiary/aromatic N) is 2. The molecule has 3 atom stereocenters. The molecule has 2 aliphatic heterocycles. The van der Waals surface area contributed by atoms with Gasteiger partial charge in [0, 0.05) is 55.4 Å². The smallest absolute Gasteiger partial charge is 0.250 e. The molecule has 0 amide bonds. The average molecular weight is 320 g/mol. The predicted octanol–water partition coefficient (Wildman–Crippen LogP) is 1.55. The summed E-state index contributed by atoms with van der Waals surface area (Å²) in [4.78, 5) is 14.4. The van der Waals surface area contributed by atoms with Crippen LogP contribution in [-0.2, 0) is 6.54 Å². The Labute approximate surface area is 135 Å². The average Bonchev–Trinajstić information content (AvgIpc) is 2.48. The van der Waals surface area contributed by atoms with E-state index < -0.39 is 0 Å². The molecule has 22 heavy (non-hydrogen) atoms. The number of pyridine rings is 1. The number of hydrogen-bond acceptors (Lipinski definition) is 4. The van der Waals surface area contributed by atoms with Crippen LogP contribution in [0, 0.1) is 5.92 Å². The summed E-state index contributed by atoms with van der Waals surface area (Å²) in [6.45, 7) is 7.19. The first-order chi connectivity index (χ1) is 10.7. The first kappa shape index (κ1) is 15.8. The highest BCUT2D eigenvalue weighted by atomic mass is 32.2. The molecule has 0 aliphatic carbocycles. The second-order valence-electron chi connectivity index (χ2n) is 6.40. The zero-order chi connectivity index (χ0) is 15.5. The number of rotatable bonds is 6. The minimum atomic E-state index is -0.290. The lowest BCUT2D eigenvalue weighted by Crippen LogP contribution is -2.49. The Morgan fingerprint density at radius 1 is 1.41 bits per heavy atom. The monoisotopic (exact) mass is 320 g/mol. The molecule has 1 fully saturated rings. The van der Waals surface area contributed by atoms with Crippen molar-refractivity contribution in [1.82, 2.24) is 9.47 Å². The van der Waals surface area contributed by atoms with Crippen LogP contribution in [0.3, 0.4) is 0 Å². The van der Waals surface area contributed by atoms with Crippen LogP contribution in [0.15, 0.2) is 35.6 Å². The van der Waals surface area contributed by atoms with Gasteiger partial charge in [-0.1, -0.05) is 12.1 Å². The summed E-state index contributed by atoms with van der Waals surface area (Å²) >= 11 is 1.72. The molecule has 0 spiro atoms. The van der Waals surface area contributed by atoms with Gasteiger partial charge in [-0.15, -0.1) is 6.58 Å². The van der Waals surface area contributed by atoms with Crippen molar-refractivity contribution in [3.8, 4) is 0 Å². The molecule has 3 rings (SSSR count). The van der Waals surface area contributed by atoms with Gasteiger partial charge in [-0.25, -0.2) is 0 Å². The third-order valence-corrected chi connectivity index (χ3v) is 5.66. The number of piperidine rings is 1. The fourth-order valence-electron chi connectivity index (χ4n) is 3.78. The van der Waals surface area contributed by atoms with Crippen molar-refractivity contribution in [3.05, 3.63) is 46.9 Å². The largest absolute Gasteiger partial charge is 0.391 e. The second-order valence-corrected chi connectivity index (χ2v) is 7.47. The third kappa shape index (κ3) is 3.47. The van der Waals surface area contributed by atoms with E-state index in [9.17, 15) is 9.90 Å². The van der Waals surface area contributed by atoms with E-state index in [4.69, 9.17) is 0 Å². The molecular weight excluding hydrogens is 296 g/mol. The summed E-state index contributed by atoms with van der Waals surface area (Å²) < 4.78 is 1.95. The van der Waals surface area contributed by atoms with Crippen LogP contribution >= 0.6 is 11.8 Å². The maximum atomic E-state index is 12.0. The van der Waals surface area contributed by atoms with Gasteiger partial charge in [-0.3, -0.25) is 9.69 Å². The Morgan fingerprint density at radius 2 is 2.27 bits per heavy atom. The molecule has 1 saturated heterocycles. The molecule has 120 valence electrons. The summed E-state index contributed by atoms with van der Waals surface area (Å²) in [5, 5.41) is 10.2. The number of β-amino-alcohol motifs (C(OH)–C–C–N with tert-alkyl or cyclic N) is 1. The van der Waals surface area contributed by atoms with E-state index in [1.165, 1.54) is 12.1 Å². The highest BCUT2D eigenvalue weighted by Gasteiger charge is 2.34. The molecule has 1 aromatic heterocycles. The van der Waals surface area contributed by atoms with Crippen molar-refractivity contribution >= 4 is 11.8 Å². The lowest BCUT2D eigenvalue weighted by Gasteiger charge is -2.43. The summed E-state index contributed by atoms with van der Waals surface area (Å²) in [7, 11) is 0. The standard InChI is InChI=1S/C17H24N2O2S/c1-2-6-22-12-15(20)11-18-8-13-7-14(10-18)16-4-3-5-17(21)19(16)9-13/h2-5,13-15,20H,1,6-12H2/t13-,14+,15-/m0/s1. The Bertz CT molecular complexity index is 586. The Hall–Kier alpha value is -1.04. The molecule has 1 N–H and O–H groups in total. The van der Waals surface area contributed by atoms with E-state index in [-0.39, 0.29) is 11.7 Å². The minimum Gasteiger partial charge on any atom is -0.391 e. The maximum absolute atomic E-state index is 12.0. The van der Waals surface area contributed by atoms with E-state index in [1.54, 1.807) is 17.8 Å². The van der Waals surface area contributed by atoms with Crippen molar-refractivity contribution in [2.24, 2.45) is 5.92 Å². The number of fused-ring (bicyclic) bond motifs is 4. The SMILES string of the molecule is C=CCSC[C@@H](O)CN1C[C@@H]2C[C@H](C1)c1cccc(=O)n1C2. The Morgan fingerprint density at radius 3 is 3.09 bits per heavy atom. The second kappa shape index (κ2) is 7.02. The highest BCUT2D eigenvalue weighted by molar-refractivity contribution is 7.99. The quantitative estimate of drug-likeness (QED) is 0.638. The zero-order valence-corrected chi connectivity index (χ0v) is 13.7. The van der Waals surface area contributed by atoms with Gasteiger partial charge in [0.1, 0.15) is 0 Å². The van der Waals surface area contributed by atoms with Gasteiger partial charge in [0.25, 0.3) is 5.56 Å². The van der Waals surface area contributed by atoms with Crippen LogP contribution in [0.2, 0.25) is 0 Å². The summed E-state index contributed by atoms with van der Waals surface area (Å²) in [6, 6.07) is 5.61. The molecule has 2 bridgehead atoms. The molecule has 0 saturated carbocycles. The van der Waals surface area contributed by atoms with Crippen molar-refractivity contribution in [2.45, 2.75) is 25.0 Å². The fourth-order valence-corrected chi connectivity index (χ4v) is 4.46. The molecule has 0 aromatic carbocycles. The molecular formula is C17H24N2O2S. The summed E-state index contributed by atoms with van der Waals surface area (Å²) in [5.41, 5.74) is 1.30. The zero-order valence-electron chi connectivity index (χ0n) is 12.9. The Kier molecular flexibility index (Phi) is 5.06. The van der Waals surface area contributed by atoms with Gasteiger partial charge in [0.15, 0.2) is 0 Å². The van der Waals surface area contributed by atoms with Crippen molar-refractivity contribution in [2.75, 3.05) is 31.1 Å². The molecule has 1 aromatic rings. The molecule has 3 heterocycles. The fraction of sp³-hybridized carbons (Fsp3) is 0.588. The van der Waals surface area contributed by atoms with Crippen LogP contribution in [-0.4, -0.2) is 51.8 Å². The van der Waals surface area contributed by atoms with Gasteiger partial charge in [0.2, 0.25) is 0 Å². The van der Waals surface area contributed by atoms with E-state index in [0.29, 0.717) is 11.8 Å². The third-order valence-electron chi connectivity index (χ3n) is 4.57. The van der Waals surface area contributed by atoms with Gasteiger partial charge >= 0.3 is 0 Å². The Balaban J connectivity index is 1.63. The number of aromatic nitrogens is 1. The minimum absolute atomic E-state index is 0.126. The number of aliphatic hydroxyl groups excluding tert-OH is 1. The first-order valence-electron chi connectivity index (χ1n) is 7.96. The topological polar surface area (TPSA) is 45.5 Å². The first-order valence-corrected chi connectivity index (χ1v) is 9.11. The highest BCUT2D eigenvalue weighted by Crippen LogP contribution is 2.34. The summed E-state index contributed by atoms with van der Waals surface area (Å²) in [5.74, 6) is 2.60. The maximum Gasteiger partial charge on any atom is 0.250 e. The van der Waals surface area contributed by atoms with Crippen LogP contribution in [0.1, 0.15) is 18.0 Å². The number of aliphatic hydroxyl groups is 1. The number of thioether (sulfide) groups is 1. The van der Waals surface area contributed by atoms with E-state index >= 15 is 0 Å². The van der Waals surface area contributed by atoms with Gasteiger partial charge in [-0.05, 0) is 18.4 Å². The van der Waals surface area contributed by atoms with Gasteiger partial charge < -0.3 is 9.67 Å². The number of likely N-dealkylation sites (tertiary alicyclic amines) is 1. The van der Waals surface area contributed by atoms with Crippen LogP contribution in [0.5, 0.6) is 0 Å². The van der Waals surface area contributed by atoms with Crippen molar-refractivity contribution in [3.63, 3.8) is 0 Å². The summed E-state index contributed by atoms with van der Waals surface area (Å²) in [6.07, 6.45) is 2.75. The van der Waals surface area contributed by atoms with Gasteiger partial charge in [-0.2, -0.15) is 11.8 Å². The van der Waals surface area contributed by atoms with Crippen LogP contribution < -0.4 is 5.56 Å². The molecule has 4 nitrogen and oxygen atoms in total. The molecule has 5 heteroatoms. The van der Waals surface area contributed by atoms with E-state index in [1.807, 2.05) is 16.7 Å². The lowest BCUT2D eigenvalue weighted by atomic mass is 9.83. The number of hydrogen-bond donors (Lipinski definition) is 1. The van der Waals surface area contributed by atoms with Crippen LogP contribution in [0.25, 0.3) is 0 Å². The van der Waals surface area contributed by atoms with Gasteiger partial charge in [0.05, 0.1) is 6.10 Å².